The monoisotopic (exact) mass is 348 g/mol. The highest BCUT2D eigenvalue weighted by molar-refractivity contribution is 6.13. The van der Waals surface area contributed by atoms with Crippen molar-refractivity contribution in [3.05, 3.63) is 64.7 Å². The number of carbonyl (C=O) groups excluding carboxylic acids is 2. The van der Waals surface area contributed by atoms with E-state index in [1.807, 2.05) is 49.1 Å². The molecule has 2 amide bonds. The summed E-state index contributed by atoms with van der Waals surface area (Å²) >= 11 is 0. The lowest BCUT2D eigenvalue weighted by Crippen LogP contribution is -2.45. The minimum atomic E-state index is -0.870. The van der Waals surface area contributed by atoms with Gasteiger partial charge in [-0.3, -0.25) is 9.59 Å². The summed E-state index contributed by atoms with van der Waals surface area (Å²) in [6.45, 7) is 5.36. The number of fused-ring (bicyclic) bond motifs is 1. The number of hydrogen-bond donors (Lipinski definition) is 1. The second-order valence-electron chi connectivity index (χ2n) is 7.58. The Bertz CT molecular complexity index is 883. The molecule has 0 radical (unpaired) electrons. The molecule has 0 atom stereocenters. The van der Waals surface area contributed by atoms with Gasteiger partial charge in [-0.25, -0.2) is 0 Å². The standard InChI is InChI=1S/C22H24N2O2/c1-15-7-8-19(13-16(15)2)23-20(25)22(10-11-22)21(26)24-12-9-17-5-3-4-6-18(17)14-24/h3-8,13H,9-12,14H2,1-2H3,(H,23,25). The summed E-state index contributed by atoms with van der Waals surface area (Å²) < 4.78 is 0. The van der Waals surface area contributed by atoms with E-state index in [2.05, 4.69) is 17.4 Å². The van der Waals surface area contributed by atoms with E-state index < -0.39 is 5.41 Å². The third kappa shape index (κ3) is 2.90. The highest BCUT2D eigenvalue weighted by atomic mass is 16.2. The Hall–Kier alpha value is -2.62. The maximum atomic E-state index is 13.1. The summed E-state index contributed by atoms with van der Waals surface area (Å²) in [5.74, 6) is -0.182. The fourth-order valence-corrected chi connectivity index (χ4v) is 3.70. The Kier molecular flexibility index (Phi) is 4.06. The molecule has 0 aromatic heterocycles. The van der Waals surface area contributed by atoms with Crippen molar-refractivity contribution in [1.29, 1.82) is 0 Å². The zero-order valence-corrected chi connectivity index (χ0v) is 15.3. The number of rotatable bonds is 3. The highest BCUT2D eigenvalue weighted by Gasteiger charge is 2.58. The van der Waals surface area contributed by atoms with Crippen molar-refractivity contribution >= 4 is 17.5 Å². The van der Waals surface area contributed by atoms with Crippen molar-refractivity contribution in [2.75, 3.05) is 11.9 Å². The van der Waals surface area contributed by atoms with E-state index in [1.165, 1.54) is 16.7 Å². The molecule has 4 heteroatoms. The van der Waals surface area contributed by atoms with Crippen LogP contribution in [0.1, 0.15) is 35.1 Å². The van der Waals surface area contributed by atoms with Crippen molar-refractivity contribution in [2.24, 2.45) is 5.41 Å². The lowest BCUT2D eigenvalue weighted by molar-refractivity contribution is -0.143. The second kappa shape index (κ2) is 6.27. The number of amides is 2. The lowest BCUT2D eigenvalue weighted by Gasteiger charge is -2.31. The third-order valence-electron chi connectivity index (χ3n) is 5.78. The molecule has 2 aromatic carbocycles. The van der Waals surface area contributed by atoms with Gasteiger partial charge in [0, 0.05) is 18.8 Å². The van der Waals surface area contributed by atoms with Crippen LogP contribution in [0.5, 0.6) is 0 Å². The number of aryl methyl sites for hydroxylation is 2. The summed E-state index contributed by atoms with van der Waals surface area (Å²) in [6, 6.07) is 14.1. The van der Waals surface area contributed by atoms with Gasteiger partial charge in [-0.05, 0) is 67.5 Å². The second-order valence-corrected chi connectivity index (χ2v) is 7.58. The van der Waals surface area contributed by atoms with Gasteiger partial charge in [-0.15, -0.1) is 0 Å². The van der Waals surface area contributed by atoms with E-state index in [-0.39, 0.29) is 11.8 Å². The molecule has 4 rings (SSSR count). The fraction of sp³-hybridized carbons (Fsp3) is 0.364. The molecule has 0 bridgehead atoms. The first kappa shape index (κ1) is 16.8. The first-order valence-corrected chi connectivity index (χ1v) is 9.24. The van der Waals surface area contributed by atoms with Crippen LogP contribution in [0.4, 0.5) is 5.69 Å². The summed E-state index contributed by atoms with van der Waals surface area (Å²) in [4.78, 5) is 27.8. The third-order valence-corrected chi connectivity index (χ3v) is 5.78. The number of benzene rings is 2. The minimum absolute atomic E-state index is 0.0201. The Morgan fingerprint density at radius 3 is 2.42 bits per heavy atom. The summed E-state index contributed by atoms with van der Waals surface area (Å²) in [5.41, 5.74) is 4.71. The lowest BCUT2D eigenvalue weighted by atomic mass is 9.97. The Labute approximate surface area is 154 Å². The van der Waals surface area contributed by atoms with Gasteiger partial charge < -0.3 is 10.2 Å². The fourth-order valence-electron chi connectivity index (χ4n) is 3.70. The highest BCUT2D eigenvalue weighted by Crippen LogP contribution is 2.48. The number of nitrogens with one attached hydrogen (secondary N) is 1. The molecule has 134 valence electrons. The van der Waals surface area contributed by atoms with Gasteiger partial charge in [-0.2, -0.15) is 0 Å². The largest absolute Gasteiger partial charge is 0.337 e. The van der Waals surface area contributed by atoms with Crippen LogP contribution in [0, 0.1) is 19.3 Å². The predicted octanol–water partition coefficient (Wildman–Crippen LogP) is 3.61. The first-order chi connectivity index (χ1) is 12.5. The topological polar surface area (TPSA) is 49.4 Å². The van der Waals surface area contributed by atoms with Crippen LogP contribution < -0.4 is 5.32 Å². The van der Waals surface area contributed by atoms with Crippen molar-refractivity contribution in [1.82, 2.24) is 4.90 Å². The molecule has 26 heavy (non-hydrogen) atoms. The molecule has 0 saturated heterocycles. The average molecular weight is 348 g/mol. The molecular formula is C22H24N2O2. The summed E-state index contributed by atoms with van der Waals surface area (Å²) in [5, 5.41) is 2.97. The zero-order chi connectivity index (χ0) is 18.3. The van der Waals surface area contributed by atoms with Crippen LogP contribution in [0.25, 0.3) is 0 Å². The van der Waals surface area contributed by atoms with Crippen LogP contribution in [-0.4, -0.2) is 23.3 Å². The van der Waals surface area contributed by atoms with Gasteiger partial charge in [0.25, 0.3) is 0 Å². The molecule has 4 nitrogen and oxygen atoms in total. The van der Waals surface area contributed by atoms with Gasteiger partial charge in [0.1, 0.15) is 5.41 Å². The molecule has 0 unspecified atom stereocenters. The van der Waals surface area contributed by atoms with Crippen LogP contribution in [0.15, 0.2) is 42.5 Å². The molecule has 2 aromatic rings. The van der Waals surface area contributed by atoms with Crippen LogP contribution in [0.2, 0.25) is 0 Å². The smallest absolute Gasteiger partial charge is 0.240 e. The molecule has 1 aliphatic carbocycles. The average Bonchev–Trinajstić information content (AvgIpc) is 3.46. The van der Waals surface area contributed by atoms with Crippen molar-refractivity contribution in [3.8, 4) is 0 Å². The van der Waals surface area contributed by atoms with Crippen molar-refractivity contribution in [3.63, 3.8) is 0 Å². The predicted molar refractivity (Wildman–Crippen MR) is 102 cm³/mol. The minimum Gasteiger partial charge on any atom is -0.337 e. The Morgan fingerprint density at radius 2 is 1.73 bits per heavy atom. The van der Waals surface area contributed by atoms with E-state index in [0.717, 1.165) is 17.7 Å². The molecule has 1 saturated carbocycles. The summed E-state index contributed by atoms with van der Waals surface area (Å²) in [7, 11) is 0. The zero-order valence-electron chi connectivity index (χ0n) is 15.3. The molecular weight excluding hydrogens is 324 g/mol. The van der Waals surface area contributed by atoms with E-state index >= 15 is 0 Å². The van der Waals surface area contributed by atoms with Gasteiger partial charge in [-0.1, -0.05) is 30.3 Å². The maximum absolute atomic E-state index is 13.1. The number of carbonyl (C=O) groups is 2. The van der Waals surface area contributed by atoms with Gasteiger partial charge in [0.05, 0.1) is 0 Å². The SMILES string of the molecule is Cc1ccc(NC(=O)C2(C(=O)N3CCc4ccccc4C3)CC2)cc1C. The first-order valence-electron chi connectivity index (χ1n) is 9.24. The number of nitrogens with zero attached hydrogens (tertiary/aromatic N) is 1. The van der Waals surface area contributed by atoms with Gasteiger partial charge >= 0.3 is 0 Å². The summed E-state index contributed by atoms with van der Waals surface area (Å²) in [6.07, 6.45) is 2.14. The maximum Gasteiger partial charge on any atom is 0.240 e. The molecule has 2 aliphatic rings. The van der Waals surface area contributed by atoms with Crippen LogP contribution >= 0.6 is 0 Å². The van der Waals surface area contributed by atoms with Crippen molar-refractivity contribution in [2.45, 2.75) is 39.7 Å². The molecule has 1 fully saturated rings. The van der Waals surface area contributed by atoms with Crippen LogP contribution in [0.3, 0.4) is 0 Å². The molecule has 1 N–H and O–H groups in total. The Morgan fingerprint density at radius 1 is 1.00 bits per heavy atom. The van der Waals surface area contributed by atoms with Gasteiger partial charge in [0.2, 0.25) is 11.8 Å². The van der Waals surface area contributed by atoms with E-state index in [4.69, 9.17) is 0 Å². The number of anilines is 1. The van der Waals surface area contributed by atoms with Gasteiger partial charge in [0.15, 0.2) is 0 Å². The number of hydrogen-bond acceptors (Lipinski definition) is 2. The molecule has 1 heterocycles. The molecule has 1 aliphatic heterocycles. The molecule has 0 spiro atoms. The van der Waals surface area contributed by atoms with E-state index in [1.54, 1.807) is 0 Å². The van der Waals surface area contributed by atoms with E-state index in [0.29, 0.717) is 25.9 Å². The van der Waals surface area contributed by atoms with E-state index in [9.17, 15) is 9.59 Å². The quantitative estimate of drug-likeness (QED) is 0.862. The van der Waals surface area contributed by atoms with Crippen LogP contribution in [-0.2, 0) is 22.6 Å². The Balaban J connectivity index is 1.49. The van der Waals surface area contributed by atoms with Crippen molar-refractivity contribution < 1.29 is 9.59 Å². The normalized spacial score (nSPS) is 17.4.